The summed E-state index contributed by atoms with van der Waals surface area (Å²) in [5.74, 6) is 0.221. The van der Waals surface area contributed by atoms with Crippen LogP contribution in [-0.2, 0) is 0 Å². The summed E-state index contributed by atoms with van der Waals surface area (Å²) < 4.78 is 5.93. The summed E-state index contributed by atoms with van der Waals surface area (Å²) in [4.78, 5) is 10.3. The van der Waals surface area contributed by atoms with Gasteiger partial charge >= 0.3 is 5.69 Å². The average molecular weight is 283 g/mol. The fourth-order valence-electron chi connectivity index (χ4n) is 1.23. The van der Waals surface area contributed by atoms with Gasteiger partial charge in [-0.05, 0) is 28.8 Å². The van der Waals surface area contributed by atoms with Gasteiger partial charge < -0.3 is 4.74 Å². The van der Waals surface area contributed by atoms with Gasteiger partial charge in [-0.25, -0.2) is 0 Å². The van der Waals surface area contributed by atoms with E-state index in [1.165, 1.54) is 12.1 Å². The second-order valence-corrected chi connectivity index (χ2v) is 4.34. The molecule has 2 rings (SSSR count). The maximum atomic E-state index is 10.8. The average Bonchev–Trinajstić information content (AvgIpc) is 3.01. The van der Waals surface area contributed by atoms with E-state index in [1.807, 2.05) is 6.07 Å². The van der Waals surface area contributed by atoms with Crippen LogP contribution in [0, 0.1) is 21.4 Å². The molecule has 6 heteroatoms. The van der Waals surface area contributed by atoms with Crippen LogP contribution in [-0.4, -0.2) is 11.0 Å². The van der Waals surface area contributed by atoms with Gasteiger partial charge in [0.2, 0.25) is 0 Å². The van der Waals surface area contributed by atoms with E-state index in [4.69, 9.17) is 10.00 Å². The summed E-state index contributed by atoms with van der Waals surface area (Å²) in [6.45, 7) is 0. The summed E-state index contributed by atoms with van der Waals surface area (Å²) in [7, 11) is 0. The minimum atomic E-state index is -0.537. The highest BCUT2D eigenvalue weighted by molar-refractivity contribution is 9.10. The topological polar surface area (TPSA) is 76.2 Å². The van der Waals surface area contributed by atoms with Gasteiger partial charge in [-0.1, -0.05) is 0 Å². The van der Waals surface area contributed by atoms with Gasteiger partial charge in [-0.15, -0.1) is 0 Å². The van der Waals surface area contributed by atoms with E-state index in [9.17, 15) is 10.1 Å². The molecule has 0 radical (unpaired) electrons. The van der Waals surface area contributed by atoms with E-state index in [2.05, 4.69) is 15.9 Å². The van der Waals surface area contributed by atoms with Crippen molar-refractivity contribution in [2.45, 2.75) is 18.9 Å². The van der Waals surface area contributed by atoms with Crippen molar-refractivity contribution in [3.63, 3.8) is 0 Å². The molecular formula is C10H7BrN2O3. The van der Waals surface area contributed by atoms with E-state index in [0.717, 1.165) is 12.8 Å². The Bertz CT molecular complexity index is 492. The van der Waals surface area contributed by atoms with E-state index in [0.29, 0.717) is 4.47 Å². The highest BCUT2D eigenvalue weighted by Crippen LogP contribution is 2.36. The predicted molar refractivity (Wildman–Crippen MR) is 59.2 cm³/mol. The van der Waals surface area contributed by atoms with Crippen LogP contribution in [0.5, 0.6) is 5.75 Å². The van der Waals surface area contributed by atoms with E-state index in [-0.39, 0.29) is 23.1 Å². The van der Waals surface area contributed by atoms with Crippen molar-refractivity contribution >= 4 is 21.6 Å². The van der Waals surface area contributed by atoms with Crippen molar-refractivity contribution in [1.82, 2.24) is 0 Å². The lowest BCUT2D eigenvalue weighted by Crippen LogP contribution is -2.01. The first-order valence-electron chi connectivity index (χ1n) is 4.66. The first-order chi connectivity index (χ1) is 7.61. The molecule has 0 unspecified atom stereocenters. The third kappa shape index (κ3) is 2.14. The highest BCUT2D eigenvalue weighted by atomic mass is 79.9. The van der Waals surface area contributed by atoms with Crippen molar-refractivity contribution < 1.29 is 9.66 Å². The SMILES string of the molecule is N#Cc1cc([N+](=O)[O-])c(OC2CC2)cc1Br. The van der Waals surface area contributed by atoms with Gasteiger partial charge in [-0.3, -0.25) is 10.1 Å². The van der Waals surface area contributed by atoms with Crippen LogP contribution in [0.2, 0.25) is 0 Å². The number of nitrogens with zero attached hydrogens (tertiary/aromatic N) is 2. The van der Waals surface area contributed by atoms with E-state index < -0.39 is 4.92 Å². The molecule has 1 fully saturated rings. The quantitative estimate of drug-likeness (QED) is 0.631. The molecule has 5 nitrogen and oxygen atoms in total. The third-order valence-corrected chi connectivity index (χ3v) is 2.84. The van der Waals surface area contributed by atoms with Crippen molar-refractivity contribution in [2.24, 2.45) is 0 Å². The van der Waals surface area contributed by atoms with Crippen LogP contribution in [0.1, 0.15) is 18.4 Å². The van der Waals surface area contributed by atoms with Gasteiger partial charge in [0.25, 0.3) is 0 Å². The zero-order valence-electron chi connectivity index (χ0n) is 8.14. The molecule has 1 aromatic rings. The molecular weight excluding hydrogens is 276 g/mol. The largest absolute Gasteiger partial charge is 0.483 e. The number of hydrogen-bond donors (Lipinski definition) is 0. The molecule has 0 heterocycles. The number of rotatable bonds is 3. The van der Waals surface area contributed by atoms with E-state index >= 15 is 0 Å². The fraction of sp³-hybridized carbons (Fsp3) is 0.300. The van der Waals surface area contributed by atoms with Crippen molar-refractivity contribution in [3.8, 4) is 11.8 Å². The summed E-state index contributed by atoms with van der Waals surface area (Å²) >= 11 is 3.18. The Balaban J connectivity index is 2.44. The van der Waals surface area contributed by atoms with Crippen LogP contribution >= 0.6 is 15.9 Å². The molecule has 0 N–H and O–H groups in total. The second-order valence-electron chi connectivity index (χ2n) is 3.49. The molecule has 0 saturated heterocycles. The number of benzene rings is 1. The first kappa shape index (κ1) is 10.9. The molecule has 0 aliphatic heterocycles. The van der Waals surface area contributed by atoms with Gasteiger partial charge in [0.1, 0.15) is 6.07 Å². The third-order valence-electron chi connectivity index (χ3n) is 2.18. The fourth-order valence-corrected chi connectivity index (χ4v) is 1.64. The molecule has 1 aliphatic carbocycles. The molecule has 0 spiro atoms. The first-order valence-corrected chi connectivity index (χ1v) is 5.46. The predicted octanol–water partition coefficient (Wildman–Crippen LogP) is 2.77. The smallest absolute Gasteiger partial charge is 0.312 e. The van der Waals surface area contributed by atoms with Gasteiger partial charge in [0.15, 0.2) is 5.75 Å². The van der Waals surface area contributed by atoms with E-state index in [1.54, 1.807) is 0 Å². The zero-order chi connectivity index (χ0) is 11.7. The van der Waals surface area contributed by atoms with Crippen molar-refractivity contribution in [2.75, 3.05) is 0 Å². The lowest BCUT2D eigenvalue weighted by molar-refractivity contribution is -0.386. The molecule has 0 amide bonds. The normalized spacial score (nSPS) is 14.2. The maximum Gasteiger partial charge on any atom is 0.312 e. The molecule has 0 bridgehead atoms. The Morgan fingerprint density at radius 2 is 2.25 bits per heavy atom. The highest BCUT2D eigenvalue weighted by Gasteiger charge is 2.28. The van der Waals surface area contributed by atoms with Crippen LogP contribution < -0.4 is 4.74 Å². The second kappa shape index (κ2) is 4.10. The molecule has 0 aromatic heterocycles. The van der Waals surface area contributed by atoms with Crippen LogP contribution in [0.3, 0.4) is 0 Å². The minimum absolute atomic E-state index is 0.0820. The van der Waals surface area contributed by atoms with Crippen LogP contribution in [0.4, 0.5) is 5.69 Å². The summed E-state index contributed by atoms with van der Waals surface area (Å²) in [6, 6.07) is 4.58. The zero-order valence-corrected chi connectivity index (χ0v) is 9.73. The Hall–Kier alpha value is -1.61. The molecule has 1 saturated carbocycles. The molecule has 82 valence electrons. The number of halogens is 1. The molecule has 1 aromatic carbocycles. The lowest BCUT2D eigenvalue weighted by atomic mass is 10.2. The number of hydrogen-bond acceptors (Lipinski definition) is 4. The van der Waals surface area contributed by atoms with Gasteiger partial charge in [-0.2, -0.15) is 5.26 Å². The summed E-state index contributed by atoms with van der Waals surface area (Å²) in [5.41, 5.74) is 0.0708. The Morgan fingerprint density at radius 1 is 1.56 bits per heavy atom. The number of nitro groups is 1. The van der Waals surface area contributed by atoms with Crippen molar-refractivity contribution in [1.29, 1.82) is 5.26 Å². The Labute approximate surface area is 99.9 Å². The number of nitro benzene ring substituents is 1. The Morgan fingerprint density at radius 3 is 2.75 bits per heavy atom. The van der Waals surface area contributed by atoms with Crippen LogP contribution in [0.25, 0.3) is 0 Å². The molecule has 0 atom stereocenters. The number of ether oxygens (including phenoxy) is 1. The monoisotopic (exact) mass is 282 g/mol. The maximum absolute atomic E-state index is 10.8. The molecule has 16 heavy (non-hydrogen) atoms. The minimum Gasteiger partial charge on any atom is -0.483 e. The van der Waals surface area contributed by atoms with Gasteiger partial charge in [0.05, 0.1) is 16.6 Å². The van der Waals surface area contributed by atoms with Crippen molar-refractivity contribution in [3.05, 3.63) is 32.3 Å². The Kier molecular flexibility index (Phi) is 2.79. The number of nitriles is 1. The summed E-state index contributed by atoms with van der Waals surface area (Å²) in [5, 5.41) is 19.6. The lowest BCUT2D eigenvalue weighted by Gasteiger charge is -2.06. The standard InChI is InChI=1S/C10H7BrN2O3/c11-8-4-10(16-7-1-2-7)9(13(14)15)3-6(8)5-12/h3-4,7H,1-2H2. The van der Waals surface area contributed by atoms with Crippen LogP contribution in [0.15, 0.2) is 16.6 Å². The summed E-state index contributed by atoms with van der Waals surface area (Å²) in [6.07, 6.45) is 1.93. The van der Waals surface area contributed by atoms with Gasteiger partial charge in [0, 0.05) is 16.6 Å². The molecule has 1 aliphatic rings.